The quantitative estimate of drug-likeness (QED) is 0.610. The van der Waals surface area contributed by atoms with E-state index in [4.69, 9.17) is 5.73 Å². The van der Waals surface area contributed by atoms with Gasteiger partial charge in [-0.15, -0.1) is 0 Å². The molecule has 0 spiro atoms. The maximum atomic E-state index is 13.8. The highest BCUT2D eigenvalue weighted by Crippen LogP contribution is 2.29. The van der Waals surface area contributed by atoms with Gasteiger partial charge in [0, 0.05) is 37.6 Å². The first-order chi connectivity index (χ1) is 13.9. The monoisotopic (exact) mass is 391 g/mol. The van der Waals surface area contributed by atoms with Crippen LogP contribution in [0.2, 0.25) is 0 Å². The Labute approximate surface area is 171 Å². The van der Waals surface area contributed by atoms with Crippen molar-refractivity contribution in [3.63, 3.8) is 0 Å². The lowest BCUT2D eigenvalue weighted by molar-refractivity contribution is 0.0674. The van der Waals surface area contributed by atoms with Crippen LogP contribution in [0.5, 0.6) is 0 Å². The minimum Gasteiger partial charge on any atom is -0.399 e. The first-order valence-corrected chi connectivity index (χ1v) is 9.54. The third-order valence-electron chi connectivity index (χ3n) is 5.01. The number of nitrogens with two attached hydrogens (primary N) is 1. The molecule has 0 saturated carbocycles. The summed E-state index contributed by atoms with van der Waals surface area (Å²) < 4.78 is 13.8. The van der Waals surface area contributed by atoms with E-state index >= 15 is 0 Å². The van der Waals surface area contributed by atoms with Crippen LogP contribution in [0.25, 0.3) is 0 Å². The second kappa shape index (κ2) is 8.78. The number of hydrogen-bond acceptors (Lipinski definition) is 3. The summed E-state index contributed by atoms with van der Waals surface area (Å²) >= 11 is 0. The second-order valence-electron chi connectivity index (χ2n) is 7.31. The lowest BCUT2D eigenvalue weighted by atomic mass is 10.0. The van der Waals surface area contributed by atoms with Gasteiger partial charge in [-0.3, -0.25) is 4.79 Å². The highest BCUT2D eigenvalue weighted by molar-refractivity contribution is 5.94. The molecule has 29 heavy (non-hydrogen) atoms. The van der Waals surface area contributed by atoms with E-state index in [1.54, 1.807) is 17.0 Å². The standard InChI is InChI=1S/C24H26FN3O/c1-17(18-8-5-4-6-9-18)28(24(29)19-10-7-11-21(25)14-19)16-20-15-22(26)12-13-23(20)27(2)3/h4-15,17H,16,26H2,1-3H3. The summed E-state index contributed by atoms with van der Waals surface area (Å²) in [4.78, 5) is 17.1. The van der Waals surface area contributed by atoms with Crippen LogP contribution in [0.4, 0.5) is 15.8 Å². The molecule has 0 heterocycles. The van der Waals surface area contributed by atoms with E-state index in [1.165, 1.54) is 12.1 Å². The number of anilines is 2. The van der Waals surface area contributed by atoms with Gasteiger partial charge in [-0.05, 0) is 54.4 Å². The topological polar surface area (TPSA) is 49.6 Å². The molecule has 5 heteroatoms. The molecule has 0 bridgehead atoms. The second-order valence-corrected chi connectivity index (χ2v) is 7.31. The summed E-state index contributed by atoms with van der Waals surface area (Å²) in [5, 5.41) is 0. The third-order valence-corrected chi connectivity index (χ3v) is 5.01. The predicted molar refractivity (Wildman–Crippen MR) is 116 cm³/mol. The van der Waals surface area contributed by atoms with Crippen LogP contribution in [-0.2, 0) is 6.54 Å². The van der Waals surface area contributed by atoms with Crippen molar-refractivity contribution in [1.82, 2.24) is 4.90 Å². The highest BCUT2D eigenvalue weighted by atomic mass is 19.1. The van der Waals surface area contributed by atoms with Crippen LogP contribution in [-0.4, -0.2) is 24.9 Å². The fourth-order valence-corrected chi connectivity index (χ4v) is 3.44. The number of amides is 1. The first-order valence-electron chi connectivity index (χ1n) is 9.54. The Kier molecular flexibility index (Phi) is 6.17. The fourth-order valence-electron chi connectivity index (χ4n) is 3.44. The largest absolute Gasteiger partial charge is 0.399 e. The van der Waals surface area contributed by atoms with Crippen molar-refractivity contribution in [1.29, 1.82) is 0 Å². The average molecular weight is 391 g/mol. The van der Waals surface area contributed by atoms with E-state index in [0.717, 1.165) is 16.8 Å². The Morgan fingerprint density at radius 1 is 1.00 bits per heavy atom. The number of nitrogens with zero attached hydrogens (tertiary/aromatic N) is 2. The molecule has 3 rings (SSSR count). The molecule has 0 aromatic heterocycles. The minimum atomic E-state index is -0.430. The highest BCUT2D eigenvalue weighted by Gasteiger charge is 2.24. The van der Waals surface area contributed by atoms with Crippen molar-refractivity contribution in [3.05, 3.63) is 95.3 Å². The summed E-state index contributed by atoms with van der Waals surface area (Å²) in [6.45, 7) is 2.33. The molecule has 150 valence electrons. The smallest absolute Gasteiger partial charge is 0.254 e. The summed E-state index contributed by atoms with van der Waals surface area (Å²) in [6, 6.07) is 21.1. The van der Waals surface area contributed by atoms with Crippen molar-refractivity contribution < 1.29 is 9.18 Å². The zero-order valence-corrected chi connectivity index (χ0v) is 17.0. The molecule has 0 saturated heterocycles. The minimum absolute atomic E-state index is 0.205. The van der Waals surface area contributed by atoms with Crippen LogP contribution >= 0.6 is 0 Å². The molecule has 0 aliphatic carbocycles. The SMILES string of the molecule is CC(c1ccccc1)N(Cc1cc(N)ccc1N(C)C)C(=O)c1cccc(F)c1. The molecule has 0 aliphatic heterocycles. The van der Waals surface area contributed by atoms with E-state index < -0.39 is 5.82 Å². The van der Waals surface area contributed by atoms with Crippen LogP contribution < -0.4 is 10.6 Å². The molecule has 3 aromatic rings. The predicted octanol–water partition coefficient (Wildman–Crippen LogP) is 4.88. The normalized spacial score (nSPS) is 11.7. The van der Waals surface area contributed by atoms with E-state index in [1.807, 2.05) is 74.4 Å². The molecule has 1 amide bonds. The number of nitrogen functional groups attached to an aromatic ring is 1. The molecule has 2 N–H and O–H groups in total. The molecule has 3 aromatic carbocycles. The zero-order chi connectivity index (χ0) is 21.0. The number of hydrogen-bond donors (Lipinski definition) is 1. The summed E-state index contributed by atoms with van der Waals surface area (Å²) in [7, 11) is 3.91. The number of rotatable bonds is 6. The number of carbonyl (C=O) groups excluding carboxylic acids is 1. The average Bonchev–Trinajstić information content (AvgIpc) is 2.71. The van der Waals surface area contributed by atoms with Crippen molar-refractivity contribution in [2.75, 3.05) is 24.7 Å². The van der Waals surface area contributed by atoms with Crippen molar-refractivity contribution in [3.8, 4) is 0 Å². The lowest BCUT2D eigenvalue weighted by Gasteiger charge is -2.31. The summed E-state index contributed by atoms with van der Waals surface area (Å²) in [6.07, 6.45) is 0. The van der Waals surface area contributed by atoms with Crippen LogP contribution in [0.15, 0.2) is 72.8 Å². The van der Waals surface area contributed by atoms with Crippen molar-refractivity contribution in [2.45, 2.75) is 19.5 Å². The van der Waals surface area contributed by atoms with E-state index in [0.29, 0.717) is 17.8 Å². The number of benzene rings is 3. The van der Waals surface area contributed by atoms with E-state index in [2.05, 4.69) is 0 Å². The van der Waals surface area contributed by atoms with Gasteiger partial charge in [-0.2, -0.15) is 0 Å². The summed E-state index contributed by atoms with van der Waals surface area (Å²) in [5.41, 5.74) is 9.91. The van der Waals surface area contributed by atoms with Crippen molar-refractivity contribution >= 4 is 17.3 Å². The maximum Gasteiger partial charge on any atom is 0.254 e. The molecule has 0 fully saturated rings. The number of halogens is 1. The third kappa shape index (κ3) is 4.74. The molecular formula is C24H26FN3O. The van der Waals surface area contributed by atoms with Gasteiger partial charge in [0.2, 0.25) is 0 Å². The maximum absolute atomic E-state index is 13.8. The van der Waals surface area contributed by atoms with Gasteiger partial charge in [0.15, 0.2) is 0 Å². The molecule has 0 aliphatic rings. The molecule has 1 unspecified atom stereocenters. The van der Waals surface area contributed by atoms with Gasteiger partial charge in [0.25, 0.3) is 5.91 Å². The van der Waals surface area contributed by atoms with Gasteiger partial charge >= 0.3 is 0 Å². The van der Waals surface area contributed by atoms with E-state index in [-0.39, 0.29) is 11.9 Å². The summed E-state index contributed by atoms with van der Waals surface area (Å²) in [5.74, 6) is -0.658. The fraction of sp³-hybridized carbons (Fsp3) is 0.208. The Morgan fingerprint density at radius 2 is 1.72 bits per heavy atom. The van der Waals surface area contributed by atoms with Crippen LogP contribution in [0, 0.1) is 5.82 Å². The first kappa shape index (κ1) is 20.4. The molecule has 0 radical (unpaired) electrons. The van der Waals surface area contributed by atoms with Gasteiger partial charge in [-0.1, -0.05) is 36.4 Å². The number of carbonyl (C=O) groups is 1. The zero-order valence-electron chi connectivity index (χ0n) is 17.0. The Morgan fingerprint density at radius 3 is 2.38 bits per heavy atom. The molecule has 1 atom stereocenters. The Balaban J connectivity index is 2.04. The van der Waals surface area contributed by atoms with E-state index in [9.17, 15) is 9.18 Å². The van der Waals surface area contributed by atoms with Crippen LogP contribution in [0.3, 0.4) is 0 Å². The van der Waals surface area contributed by atoms with Crippen molar-refractivity contribution in [2.24, 2.45) is 0 Å². The van der Waals surface area contributed by atoms with Gasteiger partial charge in [-0.25, -0.2) is 4.39 Å². The van der Waals surface area contributed by atoms with Gasteiger partial charge in [0.05, 0.1) is 6.04 Å². The Bertz CT molecular complexity index is 988. The van der Waals surface area contributed by atoms with Gasteiger partial charge in [0.1, 0.15) is 5.82 Å². The molecular weight excluding hydrogens is 365 g/mol. The van der Waals surface area contributed by atoms with Crippen LogP contribution in [0.1, 0.15) is 34.5 Å². The molecule has 4 nitrogen and oxygen atoms in total. The Hall–Kier alpha value is -3.34. The van der Waals surface area contributed by atoms with Gasteiger partial charge < -0.3 is 15.5 Å². The lowest BCUT2D eigenvalue weighted by Crippen LogP contribution is -2.33.